The molecule has 24 heavy (non-hydrogen) atoms. The third-order valence-electron chi connectivity index (χ3n) is 3.35. The van der Waals surface area contributed by atoms with Gasteiger partial charge in [0, 0.05) is 5.56 Å². The van der Waals surface area contributed by atoms with E-state index in [-0.39, 0.29) is 23.6 Å². The number of carbonyl (C=O) groups excluding carboxylic acids is 1. The molecule has 1 heterocycles. The minimum absolute atomic E-state index is 0.129. The first-order valence-electron chi connectivity index (χ1n) is 6.81. The average molecular weight is 338 g/mol. The highest BCUT2D eigenvalue weighted by Gasteiger charge is 2.34. The molecular formula is C16H10F4N2O2. The van der Waals surface area contributed by atoms with Crippen molar-refractivity contribution in [3.63, 3.8) is 0 Å². The predicted molar refractivity (Wildman–Crippen MR) is 77.5 cm³/mol. The fraction of sp³-hybridized carbons (Fsp3) is 0.125. The third kappa shape index (κ3) is 3.22. The van der Waals surface area contributed by atoms with Gasteiger partial charge in [0.25, 0.3) is 5.91 Å². The van der Waals surface area contributed by atoms with Crippen LogP contribution in [0.4, 0.5) is 17.6 Å². The van der Waals surface area contributed by atoms with Crippen molar-refractivity contribution in [2.45, 2.75) is 6.18 Å². The van der Waals surface area contributed by atoms with E-state index in [1.165, 1.54) is 24.3 Å². The van der Waals surface area contributed by atoms with E-state index < -0.39 is 23.5 Å². The van der Waals surface area contributed by atoms with Gasteiger partial charge in [0.05, 0.1) is 5.56 Å². The van der Waals surface area contributed by atoms with Crippen LogP contribution in [0, 0.1) is 5.82 Å². The summed E-state index contributed by atoms with van der Waals surface area (Å²) in [6.07, 6.45) is -4.67. The van der Waals surface area contributed by atoms with E-state index in [4.69, 9.17) is 4.74 Å². The smallest absolute Gasteiger partial charge is 0.417 e. The number of benzene rings is 2. The van der Waals surface area contributed by atoms with Gasteiger partial charge in [-0.05, 0) is 35.4 Å². The zero-order valence-corrected chi connectivity index (χ0v) is 12.0. The number of rotatable bonds is 2. The van der Waals surface area contributed by atoms with Crippen molar-refractivity contribution in [2.24, 2.45) is 5.10 Å². The molecule has 124 valence electrons. The van der Waals surface area contributed by atoms with E-state index in [1.54, 1.807) is 0 Å². The Morgan fingerprint density at radius 1 is 1.04 bits per heavy atom. The van der Waals surface area contributed by atoms with Crippen molar-refractivity contribution in [3.05, 3.63) is 59.4 Å². The number of nitrogens with zero attached hydrogens (tertiary/aromatic N) is 1. The van der Waals surface area contributed by atoms with E-state index >= 15 is 0 Å². The van der Waals surface area contributed by atoms with E-state index in [9.17, 15) is 22.4 Å². The van der Waals surface area contributed by atoms with Crippen LogP contribution in [0.5, 0.6) is 0 Å². The zero-order valence-electron chi connectivity index (χ0n) is 12.0. The van der Waals surface area contributed by atoms with Crippen molar-refractivity contribution in [2.75, 3.05) is 6.61 Å². The van der Waals surface area contributed by atoms with Crippen molar-refractivity contribution in [1.29, 1.82) is 0 Å². The molecule has 0 atom stereocenters. The number of nitrogens with one attached hydrogen (secondary N) is 1. The first kappa shape index (κ1) is 16.0. The fourth-order valence-electron chi connectivity index (χ4n) is 2.25. The molecule has 1 aliphatic rings. The van der Waals surface area contributed by atoms with Crippen LogP contribution < -0.4 is 5.43 Å². The second kappa shape index (κ2) is 5.95. The summed E-state index contributed by atoms with van der Waals surface area (Å²) in [5.41, 5.74) is 1.83. The Bertz CT molecular complexity index is 814. The quantitative estimate of drug-likeness (QED) is 0.854. The molecule has 0 unspecified atom stereocenters. The first-order chi connectivity index (χ1) is 11.3. The maximum atomic E-state index is 13.2. The van der Waals surface area contributed by atoms with Gasteiger partial charge in [-0.15, -0.1) is 5.10 Å². The van der Waals surface area contributed by atoms with E-state index in [1.807, 2.05) is 0 Å². The molecule has 3 rings (SSSR count). The van der Waals surface area contributed by atoms with Gasteiger partial charge in [-0.2, -0.15) is 13.2 Å². The number of alkyl halides is 3. The zero-order chi connectivity index (χ0) is 17.3. The fourth-order valence-corrected chi connectivity index (χ4v) is 2.25. The Morgan fingerprint density at radius 2 is 1.71 bits per heavy atom. The Hall–Kier alpha value is -2.90. The number of amides is 1. The summed E-state index contributed by atoms with van der Waals surface area (Å²) in [6, 6.07) is 8.43. The van der Waals surface area contributed by atoms with Crippen LogP contribution in [0.15, 0.2) is 47.6 Å². The molecule has 8 heteroatoms. The highest BCUT2D eigenvalue weighted by Crippen LogP contribution is 2.37. The lowest BCUT2D eigenvalue weighted by atomic mass is 9.98. The van der Waals surface area contributed by atoms with Gasteiger partial charge in [0.15, 0.2) is 6.61 Å². The van der Waals surface area contributed by atoms with Crippen LogP contribution in [0.25, 0.3) is 11.1 Å². The molecule has 2 aromatic carbocycles. The SMILES string of the molecule is O=C1COC(c2ccc(-c3ccc(F)cc3C(F)(F)F)cc2)=NN1. The number of hydrogen-bond acceptors (Lipinski definition) is 3. The van der Waals surface area contributed by atoms with Crippen LogP contribution in [0.2, 0.25) is 0 Å². The maximum Gasteiger partial charge on any atom is 0.417 e. The molecule has 0 aromatic heterocycles. The summed E-state index contributed by atoms with van der Waals surface area (Å²) < 4.78 is 57.5. The Balaban J connectivity index is 1.96. The van der Waals surface area contributed by atoms with Gasteiger partial charge < -0.3 is 4.74 Å². The molecule has 1 N–H and O–H groups in total. The standard InChI is InChI=1S/C16H10F4N2O2/c17-11-5-6-12(13(7-11)16(18,19)20)9-1-3-10(4-2-9)15-22-21-14(23)8-24-15/h1-7H,8H2,(H,21,23). The van der Waals surface area contributed by atoms with Crippen molar-refractivity contribution >= 4 is 11.8 Å². The number of hydrazone groups is 1. The van der Waals surface area contributed by atoms with Crippen LogP contribution in [-0.4, -0.2) is 18.4 Å². The van der Waals surface area contributed by atoms with Crippen molar-refractivity contribution in [1.82, 2.24) is 5.43 Å². The predicted octanol–water partition coefficient (Wildman–Crippen LogP) is 3.32. The molecule has 1 aliphatic heterocycles. The topological polar surface area (TPSA) is 50.7 Å². The monoisotopic (exact) mass is 338 g/mol. The Morgan fingerprint density at radius 3 is 2.29 bits per heavy atom. The summed E-state index contributed by atoms with van der Waals surface area (Å²) in [7, 11) is 0. The molecule has 0 spiro atoms. The Kier molecular flexibility index (Phi) is 3.96. The number of ether oxygens (including phenoxy) is 1. The molecule has 1 amide bonds. The van der Waals surface area contributed by atoms with Crippen LogP contribution in [0.3, 0.4) is 0 Å². The second-order valence-corrected chi connectivity index (χ2v) is 5.01. The molecule has 0 aliphatic carbocycles. The number of carbonyl (C=O) groups is 1. The van der Waals surface area contributed by atoms with Gasteiger partial charge in [0.1, 0.15) is 5.82 Å². The van der Waals surface area contributed by atoms with Gasteiger partial charge in [0.2, 0.25) is 5.90 Å². The molecule has 0 radical (unpaired) electrons. The lowest BCUT2D eigenvalue weighted by Gasteiger charge is -2.15. The molecule has 4 nitrogen and oxygen atoms in total. The van der Waals surface area contributed by atoms with Crippen LogP contribution in [-0.2, 0) is 15.7 Å². The summed E-state index contributed by atoms with van der Waals surface area (Å²) in [6.45, 7) is -0.184. The molecule has 0 bridgehead atoms. The lowest BCUT2D eigenvalue weighted by Crippen LogP contribution is -2.32. The third-order valence-corrected chi connectivity index (χ3v) is 3.35. The average Bonchev–Trinajstić information content (AvgIpc) is 2.55. The van der Waals surface area contributed by atoms with Gasteiger partial charge in [-0.1, -0.05) is 18.2 Å². The minimum atomic E-state index is -4.67. The highest BCUT2D eigenvalue weighted by atomic mass is 19.4. The minimum Gasteiger partial charge on any atom is -0.466 e. The first-order valence-corrected chi connectivity index (χ1v) is 6.81. The van der Waals surface area contributed by atoms with Gasteiger partial charge >= 0.3 is 6.18 Å². The van der Waals surface area contributed by atoms with Gasteiger partial charge in [-0.25, -0.2) is 9.82 Å². The summed E-state index contributed by atoms with van der Waals surface area (Å²) in [4.78, 5) is 11.0. The van der Waals surface area contributed by atoms with Gasteiger partial charge in [-0.3, -0.25) is 4.79 Å². The van der Waals surface area contributed by atoms with Crippen LogP contribution >= 0.6 is 0 Å². The summed E-state index contributed by atoms with van der Waals surface area (Å²) in [5, 5.41) is 3.72. The Labute approximate surface area is 133 Å². The molecule has 0 saturated carbocycles. The van der Waals surface area contributed by atoms with E-state index in [2.05, 4.69) is 10.5 Å². The second-order valence-electron chi connectivity index (χ2n) is 5.01. The lowest BCUT2D eigenvalue weighted by molar-refractivity contribution is -0.137. The number of hydrogen-bond donors (Lipinski definition) is 1. The molecule has 2 aromatic rings. The van der Waals surface area contributed by atoms with E-state index in [0.717, 1.165) is 12.1 Å². The highest BCUT2D eigenvalue weighted by molar-refractivity contribution is 5.98. The van der Waals surface area contributed by atoms with E-state index in [0.29, 0.717) is 11.6 Å². The molecular weight excluding hydrogens is 328 g/mol. The largest absolute Gasteiger partial charge is 0.466 e. The van der Waals surface area contributed by atoms with Crippen molar-refractivity contribution in [3.8, 4) is 11.1 Å². The number of halogens is 4. The van der Waals surface area contributed by atoms with Crippen molar-refractivity contribution < 1.29 is 27.1 Å². The molecule has 0 fully saturated rings. The summed E-state index contributed by atoms with van der Waals surface area (Å²) in [5.74, 6) is -1.18. The normalized spacial score (nSPS) is 14.7. The van der Waals surface area contributed by atoms with Crippen LogP contribution in [0.1, 0.15) is 11.1 Å². The molecule has 0 saturated heterocycles. The maximum absolute atomic E-state index is 13.2. The summed E-state index contributed by atoms with van der Waals surface area (Å²) >= 11 is 0.